The molecule has 0 aromatic heterocycles. The zero-order valence-electron chi connectivity index (χ0n) is 9.98. The topological polar surface area (TPSA) is 100 Å². The van der Waals surface area contributed by atoms with Crippen LogP contribution in [0, 0.1) is 22.7 Å². The van der Waals surface area contributed by atoms with Crippen molar-refractivity contribution in [1.29, 1.82) is 10.5 Å². The first-order valence-electron chi connectivity index (χ1n) is 5.79. The first-order chi connectivity index (χ1) is 8.62. The van der Waals surface area contributed by atoms with Crippen molar-refractivity contribution in [2.75, 3.05) is 0 Å². The van der Waals surface area contributed by atoms with Gasteiger partial charge in [-0.2, -0.15) is 10.5 Å². The highest BCUT2D eigenvalue weighted by atomic mass is 16.7. The minimum Gasteiger partial charge on any atom is -0.422 e. The van der Waals surface area contributed by atoms with Crippen LogP contribution < -0.4 is 0 Å². The van der Waals surface area contributed by atoms with Gasteiger partial charge >= 0.3 is 11.9 Å². The van der Waals surface area contributed by atoms with Gasteiger partial charge in [-0.15, -0.1) is 0 Å². The fraction of sp³-hybridized carbons (Fsp3) is 0.667. The molecular weight excluding hydrogens is 236 g/mol. The quantitative estimate of drug-likeness (QED) is 0.554. The van der Waals surface area contributed by atoms with E-state index in [2.05, 4.69) is 0 Å². The van der Waals surface area contributed by atoms with Gasteiger partial charge in [0.2, 0.25) is 0 Å². The summed E-state index contributed by atoms with van der Waals surface area (Å²) in [6, 6.07) is 3.37. The lowest BCUT2D eigenvalue weighted by atomic mass is 9.94. The number of esters is 2. The Morgan fingerprint density at radius 3 is 1.78 bits per heavy atom. The molecule has 0 heterocycles. The summed E-state index contributed by atoms with van der Waals surface area (Å²) >= 11 is 0. The standard InChI is InChI=1S/C12H14N2O4/c13-8-4-10(15)17-12(6-2-1-3-7-12)18-11(16)5-9-14/h1-7H2. The highest BCUT2D eigenvalue weighted by molar-refractivity contribution is 5.74. The Morgan fingerprint density at radius 1 is 0.944 bits per heavy atom. The fourth-order valence-corrected chi connectivity index (χ4v) is 1.93. The van der Waals surface area contributed by atoms with E-state index >= 15 is 0 Å². The molecular formula is C12H14N2O4. The zero-order valence-corrected chi connectivity index (χ0v) is 9.98. The minimum absolute atomic E-state index is 0.377. The molecule has 6 nitrogen and oxygen atoms in total. The van der Waals surface area contributed by atoms with Gasteiger partial charge in [0.1, 0.15) is 12.8 Å². The van der Waals surface area contributed by atoms with Crippen LogP contribution in [0.25, 0.3) is 0 Å². The second-order valence-corrected chi connectivity index (χ2v) is 4.09. The first-order valence-corrected chi connectivity index (χ1v) is 5.79. The molecule has 1 rings (SSSR count). The lowest BCUT2D eigenvalue weighted by Crippen LogP contribution is -2.41. The smallest absolute Gasteiger partial charge is 0.323 e. The molecule has 0 saturated heterocycles. The van der Waals surface area contributed by atoms with Gasteiger partial charge in [0.25, 0.3) is 5.79 Å². The van der Waals surface area contributed by atoms with Crippen LogP contribution in [-0.4, -0.2) is 17.7 Å². The van der Waals surface area contributed by atoms with Crippen molar-refractivity contribution >= 4 is 11.9 Å². The average molecular weight is 250 g/mol. The second kappa shape index (κ2) is 6.61. The molecule has 1 aliphatic carbocycles. The highest BCUT2D eigenvalue weighted by Gasteiger charge is 2.39. The number of carbonyl (C=O) groups is 2. The Morgan fingerprint density at radius 2 is 1.39 bits per heavy atom. The number of nitrogens with zero attached hydrogens (tertiary/aromatic N) is 2. The van der Waals surface area contributed by atoms with Crippen molar-refractivity contribution in [3.63, 3.8) is 0 Å². The molecule has 96 valence electrons. The molecule has 1 fully saturated rings. The molecule has 0 aliphatic heterocycles. The van der Waals surface area contributed by atoms with E-state index in [9.17, 15) is 9.59 Å². The third-order valence-corrected chi connectivity index (χ3v) is 2.66. The Bertz CT molecular complexity index is 367. The van der Waals surface area contributed by atoms with Crippen molar-refractivity contribution in [2.24, 2.45) is 0 Å². The normalized spacial score (nSPS) is 17.0. The van der Waals surface area contributed by atoms with Crippen LogP contribution in [0.15, 0.2) is 0 Å². The fourth-order valence-electron chi connectivity index (χ4n) is 1.93. The van der Waals surface area contributed by atoms with E-state index in [1.165, 1.54) is 0 Å². The SMILES string of the molecule is N#CCC(=O)OC1(OC(=O)CC#N)CCCCC1. The van der Waals surface area contributed by atoms with Crippen LogP contribution in [-0.2, 0) is 19.1 Å². The van der Waals surface area contributed by atoms with E-state index in [4.69, 9.17) is 20.0 Å². The predicted molar refractivity (Wildman–Crippen MR) is 58.5 cm³/mol. The van der Waals surface area contributed by atoms with Crippen LogP contribution in [0.1, 0.15) is 44.9 Å². The van der Waals surface area contributed by atoms with E-state index in [0.717, 1.165) is 19.3 Å². The third-order valence-electron chi connectivity index (χ3n) is 2.66. The molecule has 0 amide bonds. The summed E-state index contributed by atoms with van der Waals surface area (Å²) in [4.78, 5) is 22.7. The summed E-state index contributed by atoms with van der Waals surface area (Å²) in [7, 11) is 0. The molecule has 0 N–H and O–H groups in total. The van der Waals surface area contributed by atoms with Gasteiger partial charge in [0.15, 0.2) is 0 Å². The van der Waals surface area contributed by atoms with Crippen LogP contribution in [0.2, 0.25) is 0 Å². The number of nitriles is 2. The summed E-state index contributed by atoms with van der Waals surface area (Å²) in [5.41, 5.74) is 0. The highest BCUT2D eigenvalue weighted by Crippen LogP contribution is 2.33. The number of hydrogen-bond donors (Lipinski definition) is 0. The summed E-state index contributed by atoms with van der Waals surface area (Å²) in [6.07, 6.45) is 2.62. The third kappa shape index (κ3) is 4.06. The maximum Gasteiger partial charge on any atom is 0.323 e. The van der Waals surface area contributed by atoms with Gasteiger partial charge in [-0.25, -0.2) is 0 Å². The van der Waals surface area contributed by atoms with Gasteiger partial charge < -0.3 is 9.47 Å². The maximum atomic E-state index is 11.4. The van der Waals surface area contributed by atoms with Crippen LogP contribution >= 0.6 is 0 Å². The number of ether oxygens (including phenoxy) is 2. The van der Waals surface area contributed by atoms with Gasteiger partial charge in [-0.05, 0) is 12.8 Å². The van der Waals surface area contributed by atoms with Gasteiger partial charge in [-0.3, -0.25) is 9.59 Å². The van der Waals surface area contributed by atoms with Crippen molar-refractivity contribution in [2.45, 2.75) is 50.7 Å². The van der Waals surface area contributed by atoms with Crippen LogP contribution in [0.4, 0.5) is 0 Å². The summed E-state index contributed by atoms with van der Waals surface area (Å²) in [6.45, 7) is 0. The van der Waals surface area contributed by atoms with E-state index in [0.29, 0.717) is 12.8 Å². The summed E-state index contributed by atoms with van der Waals surface area (Å²) in [5.74, 6) is -2.69. The Balaban J connectivity index is 2.69. The lowest BCUT2D eigenvalue weighted by Gasteiger charge is -2.35. The van der Waals surface area contributed by atoms with Crippen molar-refractivity contribution in [1.82, 2.24) is 0 Å². The van der Waals surface area contributed by atoms with Crippen molar-refractivity contribution < 1.29 is 19.1 Å². The largest absolute Gasteiger partial charge is 0.422 e. The Hall–Kier alpha value is -2.08. The molecule has 0 bridgehead atoms. The van der Waals surface area contributed by atoms with Crippen LogP contribution in [0.5, 0.6) is 0 Å². The van der Waals surface area contributed by atoms with Crippen LogP contribution in [0.3, 0.4) is 0 Å². The molecule has 1 saturated carbocycles. The maximum absolute atomic E-state index is 11.4. The lowest BCUT2D eigenvalue weighted by molar-refractivity contribution is -0.237. The molecule has 0 aromatic rings. The molecule has 0 spiro atoms. The average Bonchev–Trinajstić information content (AvgIpc) is 2.30. The number of carbonyl (C=O) groups excluding carboxylic acids is 2. The number of hydrogen-bond acceptors (Lipinski definition) is 6. The first kappa shape index (κ1) is 14.0. The molecule has 18 heavy (non-hydrogen) atoms. The van der Waals surface area contributed by atoms with Crippen molar-refractivity contribution in [3.05, 3.63) is 0 Å². The predicted octanol–water partition coefficient (Wildman–Crippen LogP) is 1.56. The minimum atomic E-state index is -1.28. The Kier molecular flexibility index (Phi) is 5.13. The molecule has 0 atom stereocenters. The van der Waals surface area contributed by atoms with Gasteiger partial charge in [0, 0.05) is 12.8 Å². The van der Waals surface area contributed by atoms with Gasteiger partial charge in [0.05, 0.1) is 12.1 Å². The molecule has 0 radical (unpaired) electrons. The molecule has 0 aromatic carbocycles. The zero-order chi connectivity index (χ0) is 13.4. The second-order valence-electron chi connectivity index (χ2n) is 4.09. The van der Waals surface area contributed by atoms with E-state index in [1.54, 1.807) is 12.1 Å². The summed E-state index contributed by atoms with van der Waals surface area (Å²) < 4.78 is 10.2. The summed E-state index contributed by atoms with van der Waals surface area (Å²) in [5, 5.41) is 16.8. The van der Waals surface area contributed by atoms with E-state index < -0.39 is 17.7 Å². The number of rotatable bonds is 4. The Labute approximate surface area is 105 Å². The molecule has 6 heteroatoms. The van der Waals surface area contributed by atoms with E-state index in [-0.39, 0.29) is 12.8 Å². The molecule has 1 aliphatic rings. The van der Waals surface area contributed by atoms with Crippen molar-refractivity contribution in [3.8, 4) is 12.1 Å². The van der Waals surface area contributed by atoms with Gasteiger partial charge in [-0.1, -0.05) is 6.42 Å². The van der Waals surface area contributed by atoms with E-state index in [1.807, 2.05) is 0 Å². The monoisotopic (exact) mass is 250 g/mol. The molecule has 0 unspecified atom stereocenters.